The summed E-state index contributed by atoms with van der Waals surface area (Å²) in [4.78, 5) is 20.3. The van der Waals surface area contributed by atoms with E-state index in [1.165, 1.54) is 31.2 Å². The molecule has 0 spiro atoms. The third kappa shape index (κ3) is 7.87. The average Bonchev–Trinajstić information content (AvgIpc) is 3.74. The maximum absolute atomic E-state index is 15.1. The molecule has 2 aromatic rings. The number of carbonyl (C=O) groups excluding carboxylic acids is 1. The summed E-state index contributed by atoms with van der Waals surface area (Å²) in [5.74, 6) is -1.77. The topological polar surface area (TPSA) is 181 Å². The normalized spacial score (nSPS) is 30.8. The molecule has 8 atom stereocenters. The standard InChI is InChI=1S/C34H41F2N3O11/c1-17(34(44)37-27-28(41)30(43)33-32(29(27)42)46-16-47-33)11-19-4-6-25(22(36)12-19)49-26-14-24(40)31(50-26)18(2)38-48-15-20-3-5-23(21(35)13-20)39-7-9-45-10-8-39/h3-6,11-13,24,26-30,32-33,38,40-43H,7-10,14-16H2,1-2H3,(H,37,44)/t24-,26+,27+,28-,29+,30+,32-,33+/m0/s1. The highest BCUT2D eigenvalue weighted by molar-refractivity contribution is 5.97. The molecule has 6 rings (SSSR count). The Hall–Kier alpha value is -3.87. The number of fused-ring (bicyclic) bond motifs is 1. The van der Waals surface area contributed by atoms with Gasteiger partial charge in [0.25, 0.3) is 0 Å². The van der Waals surface area contributed by atoms with Gasteiger partial charge in [-0.25, -0.2) is 8.78 Å². The Morgan fingerprint density at radius 1 is 0.980 bits per heavy atom. The van der Waals surface area contributed by atoms with Gasteiger partial charge >= 0.3 is 0 Å². The molecule has 1 amide bonds. The zero-order chi connectivity index (χ0) is 35.5. The number of nitrogens with zero attached hydrogens (tertiary/aromatic N) is 1. The molecule has 0 radical (unpaired) electrons. The van der Waals surface area contributed by atoms with Crippen molar-refractivity contribution in [1.82, 2.24) is 10.8 Å². The van der Waals surface area contributed by atoms with Crippen LogP contribution in [-0.4, -0.2) is 108 Å². The minimum atomic E-state index is -1.51. The van der Waals surface area contributed by atoms with Crippen molar-refractivity contribution in [3.05, 3.63) is 76.2 Å². The fourth-order valence-electron chi connectivity index (χ4n) is 6.33. The van der Waals surface area contributed by atoms with Gasteiger partial charge in [0.15, 0.2) is 17.3 Å². The lowest BCUT2D eigenvalue weighted by atomic mass is 9.83. The van der Waals surface area contributed by atoms with Crippen LogP contribution in [0.4, 0.5) is 14.5 Å². The number of morpholine rings is 1. The Kier molecular flexibility index (Phi) is 11.2. The van der Waals surface area contributed by atoms with Crippen LogP contribution in [0.25, 0.3) is 6.08 Å². The second-order valence-electron chi connectivity index (χ2n) is 12.6. The Bertz CT molecular complexity index is 1600. The summed E-state index contributed by atoms with van der Waals surface area (Å²) < 4.78 is 57.0. The van der Waals surface area contributed by atoms with E-state index in [4.69, 9.17) is 28.5 Å². The van der Waals surface area contributed by atoms with Crippen molar-refractivity contribution in [1.29, 1.82) is 0 Å². The minimum absolute atomic E-state index is 0.00920. The highest BCUT2D eigenvalue weighted by Crippen LogP contribution is 2.32. The number of nitrogens with one attached hydrogen (secondary N) is 2. The van der Waals surface area contributed by atoms with E-state index in [2.05, 4.69) is 10.8 Å². The number of ether oxygens (including phenoxy) is 5. The van der Waals surface area contributed by atoms with E-state index >= 15 is 4.39 Å². The lowest BCUT2D eigenvalue weighted by molar-refractivity contribution is -0.155. The highest BCUT2D eigenvalue weighted by atomic mass is 19.1. The molecular weight excluding hydrogens is 664 g/mol. The lowest BCUT2D eigenvalue weighted by Crippen LogP contribution is -2.67. The smallest absolute Gasteiger partial charge is 0.247 e. The molecule has 1 aliphatic carbocycles. The number of halogens is 2. The van der Waals surface area contributed by atoms with Crippen molar-refractivity contribution in [2.24, 2.45) is 0 Å². The number of carbonyl (C=O) groups is 1. The summed E-state index contributed by atoms with van der Waals surface area (Å²) in [5.41, 5.74) is 4.61. The van der Waals surface area contributed by atoms with Gasteiger partial charge in [0, 0.05) is 18.7 Å². The molecule has 3 saturated heterocycles. The molecule has 16 heteroatoms. The number of benzene rings is 2. The van der Waals surface area contributed by atoms with Crippen molar-refractivity contribution in [2.75, 3.05) is 38.0 Å². The summed E-state index contributed by atoms with van der Waals surface area (Å²) in [7, 11) is 0. The molecule has 4 fully saturated rings. The number of aliphatic hydroxyl groups is 4. The minimum Gasteiger partial charge on any atom is -0.454 e. The van der Waals surface area contributed by atoms with Crippen LogP contribution in [0.1, 0.15) is 31.4 Å². The Labute approximate surface area is 286 Å². The second kappa shape index (κ2) is 15.6. The number of hydrogen-bond acceptors (Lipinski definition) is 13. The Balaban J connectivity index is 1.00. The molecule has 0 unspecified atom stereocenters. The van der Waals surface area contributed by atoms with Crippen LogP contribution in [0.5, 0.6) is 5.75 Å². The SMILES string of the molecule is CC(=Cc1ccc(O[C@H]2C[C@H](O)C(=C(C)NOCc3ccc(N4CCOCC4)c(F)c3)O2)c(F)c1)C(=O)N[C@@H]1[C@H](O)[C@@H](O)[C@H]2OCO[C@H]2[C@@H]1O. The fourth-order valence-corrected chi connectivity index (χ4v) is 6.33. The molecule has 0 bridgehead atoms. The van der Waals surface area contributed by atoms with E-state index in [9.17, 15) is 29.6 Å². The van der Waals surface area contributed by atoms with Gasteiger partial charge in [0.2, 0.25) is 12.2 Å². The quantitative estimate of drug-likeness (QED) is 0.152. The number of allylic oxidation sites excluding steroid dienone is 1. The van der Waals surface area contributed by atoms with Crippen LogP contribution in [0.2, 0.25) is 0 Å². The maximum atomic E-state index is 15.1. The van der Waals surface area contributed by atoms with E-state index in [-0.39, 0.29) is 42.7 Å². The van der Waals surface area contributed by atoms with Gasteiger partial charge in [0.05, 0.1) is 43.7 Å². The van der Waals surface area contributed by atoms with Gasteiger partial charge in [-0.05, 0) is 55.3 Å². The molecule has 0 aromatic heterocycles. The third-order valence-electron chi connectivity index (χ3n) is 9.03. The Morgan fingerprint density at radius 3 is 2.44 bits per heavy atom. The van der Waals surface area contributed by atoms with E-state index in [0.29, 0.717) is 48.8 Å². The van der Waals surface area contributed by atoms with Gasteiger partial charge < -0.3 is 54.3 Å². The van der Waals surface area contributed by atoms with Crippen LogP contribution in [0.15, 0.2) is 53.4 Å². The Morgan fingerprint density at radius 2 is 1.72 bits per heavy atom. The predicted molar refractivity (Wildman–Crippen MR) is 171 cm³/mol. The number of hydrogen-bond donors (Lipinski definition) is 6. The first-order valence-electron chi connectivity index (χ1n) is 16.3. The lowest BCUT2D eigenvalue weighted by Gasteiger charge is -2.41. The molecular formula is C34H41F2N3O11. The van der Waals surface area contributed by atoms with Gasteiger partial charge in [0.1, 0.15) is 49.2 Å². The molecule has 2 aromatic carbocycles. The van der Waals surface area contributed by atoms with E-state index in [1.54, 1.807) is 19.1 Å². The third-order valence-corrected chi connectivity index (χ3v) is 9.03. The molecule has 50 heavy (non-hydrogen) atoms. The monoisotopic (exact) mass is 705 g/mol. The van der Waals surface area contributed by atoms with Gasteiger partial charge in [-0.15, -0.1) is 0 Å². The van der Waals surface area contributed by atoms with Crippen molar-refractivity contribution < 1.29 is 62.5 Å². The van der Waals surface area contributed by atoms with Crippen molar-refractivity contribution in [3.63, 3.8) is 0 Å². The maximum Gasteiger partial charge on any atom is 0.247 e. The molecule has 3 aliphatic heterocycles. The predicted octanol–water partition coefficient (Wildman–Crippen LogP) is 0.966. The molecule has 4 aliphatic rings. The van der Waals surface area contributed by atoms with Crippen LogP contribution >= 0.6 is 0 Å². The zero-order valence-electron chi connectivity index (χ0n) is 27.5. The summed E-state index contributed by atoms with van der Waals surface area (Å²) in [6.07, 6.45) is -6.73. The summed E-state index contributed by atoms with van der Waals surface area (Å²) in [5, 5.41) is 44.5. The van der Waals surface area contributed by atoms with E-state index in [0.717, 1.165) is 6.07 Å². The van der Waals surface area contributed by atoms with Crippen LogP contribution in [0.3, 0.4) is 0 Å². The number of anilines is 1. The fraction of sp³-hybridized carbons (Fsp3) is 0.500. The number of aliphatic hydroxyl groups excluding tert-OH is 4. The van der Waals surface area contributed by atoms with Crippen LogP contribution < -0.4 is 20.4 Å². The molecule has 3 heterocycles. The first kappa shape index (κ1) is 35.9. The second-order valence-corrected chi connectivity index (χ2v) is 12.6. The summed E-state index contributed by atoms with van der Waals surface area (Å²) in [6, 6.07) is 7.65. The number of hydroxylamine groups is 1. The highest BCUT2D eigenvalue weighted by Gasteiger charge is 2.53. The van der Waals surface area contributed by atoms with Crippen LogP contribution in [0, 0.1) is 11.6 Å². The number of rotatable bonds is 10. The van der Waals surface area contributed by atoms with Crippen molar-refractivity contribution in [3.8, 4) is 5.75 Å². The zero-order valence-corrected chi connectivity index (χ0v) is 27.5. The molecule has 6 N–H and O–H groups in total. The molecule has 1 saturated carbocycles. The molecule has 14 nitrogen and oxygen atoms in total. The first-order chi connectivity index (χ1) is 24.0. The number of amides is 1. The van der Waals surface area contributed by atoms with Gasteiger partial charge in [-0.1, -0.05) is 12.1 Å². The first-order valence-corrected chi connectivity index (χ1v) is 16.3. The summed E-state index contributed by atoms with van der Waals surface area (Å²) in [6.45, 7) is 5.29. The van der Waals surface area contributed by atoms with E-state index in [1.807, 2.05) is 4.90 Å². The van der Waals surface area contributed by atoms with Gasteiger partial charge in [-0.3, -0.25) is 15.1 Å². The largest absolute Gasteiger partial charge is 0.454 e. The summed E-state index contributed by atoms with van der Waals surface area (Å²) >= 11 is 0. The van der Waals surface area contributed by atoms with Crippen LogP contribution in [-0.2, 0) is 35.2 Å². The van der Waals surface area contributed by atoms with Gasteiger partial charge in [-0.2, -0.15) is 0 Å². The van der Waals surface area contributed by atoms with Crippen molar-refractivity contribution >= 4 is 17.7 Å². The average molecular weight is 706 g/mol. The van der Waals surface area contributed by atoms with Crippen molar-refractivity contribution in [2.45, 2.75) is 75.8 Å². The van der Waals surface area contributed by atoms with E-state index < -0.39 is 60.7 Å². The molecule has 272 valence electrons.